The average molecular weight is 400 g/mol. The van der Waals surface area contributed by atoms with E-state index in [-0.39, 0.29) is 11.8 Å². The van der Waals surface area contributed by atoms with Crippen molar-refractivity contribution >= 4 is 34.6 Å². The van der Waals surface area contributed by atoms with Crippen LogP contribution >= 0.6 is 23.6 Å². The molecule has 0 saturated carbocycles. The second-order valence-corrected chi connectivity index (χ2v) is 7.63. The van der Waals surface area contributed by atoms with Crippen LogP contribution in [0, 0.1) is 11.7 Å². The number of nitrogens with zero attached hydrogens (tertiary/aromatic N) is 3. The molecule has 0 aliphatic carbocycles. The largest absolute Gasteiger partial charge is 0.302 e. The number of hydrogen-bond donors (Lipinski definition) is 2. The van der Waals surface area contributed by atoms with E-state index in [2.05, 4.69) is 27.1 Å². The summed E-state index contributed by atoms with van der Waals surface area (Å²) in [4.78, 5) is 17.8. The molecule has 1 atom stereocenters. The molecule has 1 amide bonds. The summed E-state index contributed by atoms with van der Waals surface area (Å²) >= 11 is 6.65. The quantitative estimate of drug-likeness (QED) is 0.446. The van der Waals surface area contributed by atoms with Crippen LogP contribution in [-0.2, 0) is 11.3 Å². The number of aryl methyl sites for hydroxylation is 1. The van der Waals surface area contributed by atoms with Crippen LogP contribution in [0.3, 0.4) is 0 Å². The van der Waals surface area contributed by atoms with Crippen LogP contribution in [0.15, 0.2) is 43.0 Å². The Bertz CT molecular complexity index is 1000. The van der Waals surface area contributed by atoms with Crippen molar-refractivity contribution in [1.29, 1.82) is 0 Å². The molecule has 3 rings (SSSR count). The lowest BCUT2D eigenvalue weighted by Gasteiger charge is -2.10. The van der Waals surface area contributed by atoms with Crippen LogP contribution in [0.2, 0.25) is 0 Å². The van der Waals surface area contributed by atoms with Gasteiger partial charge in [-0.25, -0.2) is 4.98 Å². The van der Waals surface area contributed by atoms with E-state index in [4.69, 9.17) is 12.2 Å². The molecule has 0 fully saturated rings. The molecule has 0 aliphatic heterocycles. The summed E-state index contributed by atoms with van der Waals surface area (Å²) in [6.07, 6.45) is 2.16. The van der Waals surface area contributed by atoms with Crippen molar-refractivity contribution in [1.82, 2.24) is 19.7 Å². The van der Waals surface area contributed by atoms with Crippen molar-refractivity contribution in [3.8, 4) is 10.7 Å². The third-order valence-electron chi connectivity index (χ3n) is 4.18. The zero-order valence-electron chi connectivity index (χ0n) is 15.2. The number of rotatable bonds is 7. The van der Waals surface area contributed by atoms with Gasteiger partial charge in [0, 0.05) is 13.0 Å². The second kappa shape index (κ2) is 8.41. The zero-order valence-corrected chi connectivity index (χ0v) is 16.9. The third-order valence-corrected chi connectivity index (χ3v) is 5.56. The topological polar surface area (TPSA) is 75.6 Å². The molecular weight excluding hydrogens is 378 g/mol. The maximum absolute atomic E-state index is 12.4. The van der Waals surface area contributed by atoms with E-state index in [0.717, 1.165) is 16.1 Å². The molecule has 0 spiro atoms. The molecule has 1 aromatic carbocycles. The van der Waals surface area contributed by atoms with E-state index in [9.17, 15) is 4.79 Å². The van der Waals surface area contributed by atoms with Crippen molar-refractivity contribution in [2.45, 2.75) is 32.7 Å². The molecule has 3 aromatic rings. The van der Waals surface area contributed by atoms with Crippen LogP contribution in [0.4, 0.5) is 5.13 Å². The third kappa shape index (κ3) is 4.40. The first-order valence-corrected chi connectivity index (χ1v) is 9.80. The highest BCUT2D eigenvalue weighted by Crippen LogP contribution is 2.32. The number of thiazole rings is 1. The number of carbonyl (C=O) groups is 1. The van der Waals surface area contributed by atoms with Gasteiger partial charge in [0.2, 0.25) is 5.91 Å². The van der Waals surface area contributed by atoms with Crippen molar-refractivity contribution in [3.05, 3.63) is 59.0 Å². The number of nitrogens with one attached hydrogen (secondary N) is 2. The summed E-state index contributed by atoms with van der Waals surface area (Å²) in [7, 11) is 0. The minimum absolute atomic E-state index is 0.0587. The highest BCUT2D eigenvalue weighted by atomic mass is 32.1. The van der Waals surface area contributed by atoms with Crippen molar-refractivity contribution in [3.63, 3.8) is 0 Å². The summed E-state index contributed by atoms with van der Waals surface area (Å²) in [6.45, 7) is 8.24. The van der Waals surface area contributed by atoms with Gasteiger partial charge in [-0.1, -0.05) is 54.7 Å². The Morgan fingerprint density at radius 2 is 2.19 bits per heavy atom. The Hall–Kier alpha value is -2.58. The smallest absolute Gasteiger partial charge is 0.226 e. The minimum Gasteiger partial charge on any atom is -0.302 e. The molecule has 6 nitrogen and oxygen atoms in total. The van der Waals surface area contributed by atoms with E-state index in [0.29, 0.717) is 28.7 Å². The minimum atomic E-state index is -0.0587. The highest BCUT2D eigenvalue weighted by Gasteiger charge is 2.18. The van der Waals surface area contributed by atoms with E-state index in [1.54, 1.807) is 6.08 Å². The Morgan fingerprint density at radius 3 is 2.89 bits per heavy atom. The molecule has 27 heavy (non-hydrogen) atoms. The van der Waals surface area contributed by atoms with Gasteiger partial charge < -0.3 is 5.32 Å². The standard InChI is InChI=1S/C19H21N5OS2/c1-4-10-24-17(22-23-19(24)26)16-13(3)20-18(27-16)21-15(25)11-12(2)14-8-6-5-7-9-14/h4-9,12H,1,10-11H2,2-3H3,(H,23,26)(H,20,21,25). The predicted octanol–water partition coefficient (Wildman–Crippen LogP) is 4.69. The van der Waals surface area contributed by atoms with E-state index in [1.807, 2.05) is 48.7 Å². The van der Waals surface area contributed by atoms with Gasteiger partial charge >= 0.3 is 0 Å². The summed E-state index contributed by atoms with van der Waals surface area (Å²) in [5.74, 6) is 0.778. The monoisotopic (exact) mass is 399 g/mol. The molecular formula is C19H21N5OS2. The lowest BCUT2D eigenvalue weighted by Crippen LogP contribution is -2.14. The molecule has 2 heterocycles. The van der Waals surface area contributed by atoms with Crippen LogP contribution in [0.5, 0.6) is 0 Å². The van der Waals surface area contributed by atoms with Crippen LogP contribution in [-0.4, -0.2) is 25.7 Å². The maximum atomic E-state index is 12.4. The summed E-state index contributed by atoms with van der Waals surface area (Å²) in [5, 5.41) is 10.6. The Morgan fingerprint density at radius 1 is 1.44 bits per heavy atom. The number of aromatic nitrogens is 4. The van der Waals surface area contributed by atoms with Gasteiger partial charge in [0.1, 0.15) is 0 Å². The van der Waals surface area contributed by atoms with Crippen LogP contribution < -0.4 is 5.32 Å². The number of anilines is 1. The summed E-state index contributed by atoms with van der Waals surface area (Å²) in [6, 6.07) is 10.0. The van der Waals surface area contributed by atoms with Crippen molar-refractivity contribution in [2.75, 3.05) is 5.32 Å². The Labute approximate surface area is 167 Å². The van der Waals surface area contributed by atoms with Gasteiger partial charge in [-0.3, -0.25) is 14.5 Å². The van der Waals surface area contributed by atoms with Gasteiger partial charge in [0.05, 0.1) is 10.6 Å². The normalized spacial score (nSPS) is 11.9. The van der Waals surface area contributed by atoms with Gasteiger partial charge in [-0.2, -0.15) is 5.10 Å². The van der Waals surface area contributed by atoms with Crippen LogP contribution in [0.25, 0.3) is 10.7 Å². The lowest BCUT2D eigenvalue weighted by atomic mass is 9.98. The predicted molar refractivity (Wildman–Crippen MR) is 112 cm³/mol. The fourth-order valence-corrected chi connectivity index (χ4v) is 3.98. The second-order valence-electron chi connectivity index (χ2n) is 6.25. The maximum Gasteiger partial charge on any atom is 0.226 e. The lowest BCUT2D eigenvalue weighted by molar-refractivity contribution is -0.116. The molecule has 1 unspecified atom stereocenters. The summed E-state index contributed by atoms with van der Waals surface area (Å²) in [5.41, 5.74) is 1.94. The molecule has 8 heteroatoms. The van der Waals surface area contributed by atoms with Crippen LogP contribution in [0.1, 0.15) is 30.5 Å². The van der Waals surface area contributed by atoms with E-state index in [1.165, 1.54) is 11.3 Å². The van der Waals surface area contributed by atoms with Crippen molar-refractivity contribution in [2.24, 2.45) is 0 Å². The SMILES string of the molecule is C=CCn1c(-c2sc(NC(=O)CC(C)c3ccccc3)nc2C)n[nH]c1=S. The average Bonchev–Trinajstić information content (AvgIpc) is 3.18. The number of hydrogen-bond acceptors (Lipinski definition) is 5. The molecule has 140 valence electrons. The van der Waals surface area contributed by atoms with Gasteiger partial charge in [-0.15, -0.1) is 6.58 Å². The highest BCUT2D eigenvalue weighted by molar-refractivity contribution is 7.71. The van der Waals surface area contributed by atoms with Gasteiger partial charge in [0.25, 0.3) is 0 Å². The molecule has 2 N–H and O–H groups in total. The first kappa shape index (κ1) is 19.2. The zero-order chi connectivity index (χ0) is 19.4. The van der Waals surface area contributed by atoms with E-state index < -0.39 is 0 Å². The van der Waals surface area contributed by atoms with Crippen molar-refractivity contribution < 1.29 is 4.79 Å². The number of allylic oxidation sites excluding steroid dienone is 1. The molecule has 0 bridgehead atoms. The number of H-pyrrole nitrogens is 1. The molecule has 0 aliphatic rings. The Kier molecular flexibility index (Phi) is 5.98. The first-order chi connectivity index (χ1) is 13.0. The summed E-state index contributed by atoms with van der Waals surface area (Å²) < 4.78 is 2.38. The fourth-order valence-electron chi connectivity index (χ4n) is 2.79. The molecule has 0 radical (unpaired) electrons. The molecule has 0 saturated heterocycles. The number of carbonyl (C=O) groups excluding carboxylic acids is 1. The Balaban J connectivity index is 1.74. The fraction of sp³-hybridized carbons (Fsp3) is 0.263. The van der Waals surface area contributed by atoms with E-state index >= 15 is 0 Å². The van der Waals surface area contributed by atoms with Gasteiger partial charge in [0.15, 0.2) is 15.7 Å². The number of benzene rings is 1. The first-order valence-electron chi connectivity index (χ1n) is 8.58. The number of amides is 1. The molecule has 2 aromatic heterocycles. The number of aromatic amines is 1. The van der Waals surface area contributed by atoms with Gasteiger partial charge in [-0.05, 0) is 30.6 Å².